The number of hydrogen-bond acceptors (Lipinski definition) is 1. The SMILES string of the molecule is CC(C)=CCC/C(C)=C/CC/C(C)=C/CN[14CH]=O. The van der Waals surface area contributed by atoms with Crippen LogP contribution in [-0.2, 0) is 4.79 Å². The Morgan fingerprint density at radius 2 is 1.50 bits per heavy atom. The van der Waals surface area contributed by atoms with E-state index < -0.39 is 0 Å². The van der Waals surface area contributed by atoms with Crippen LogP contribution in [0.2, 0.25) is 0 Å². The number of amides is 1. The molecule has 0 aliphatic heterocycles. The maximum absolute atomic E-state index is 10.1. The van der Waals surface area contributed by atoms with Gasteiger partial charge >= 0.3 is 0 Å². The molecular weight excluding hydrogens is 224 g/mol. The zero-order valence-corrected chi connectivity index (χ0v) is 12.3. The van der Waals surface area contributed by atoms with Gasteiger partial charge in [-0.15, -0.1) is 0 Å². The first-order valence-electron chi connectivity index (χ1n) is 6.68. The van der Waals surface area contributed by atoms with Gasteiger partial charge in [-0.3, -0.25) is 4.79 Å². The van der Waals surface area contributed by atoms with Gasteiger partial charge in [0, 0.05) is 6.54 Å². The summed E-state index contributed by atoms with van der Waals surface area (Å²) < 4.78 is 0. The van der Waals surface area contributed by atoms with Crippen molar-refractivity contribution in [3.05, 3.63) is 34.9 Å². The minimum atomic E-state index is 0.638. The molecule has 1 amide bonds. The Kier molecular flexibility index (Phi) is 10.0. The second-order valence-electron chi connectivity index (χ2n) is 4.99. The van der Waals surface area contributed by atoms with Crippen LogP contribution in [0.4, 0.5) is 0 Å². The Bertz CT molecular complexity index is 320. The highest BCUT2D eigenvalue weighted by molar-refractivity contribution is 5.46. The molecule has 0 rings (SSSR count). The number of nitrogens with one attached hydrogen (secondary N) is 1. The van der Waals surface area contributed by atoms with E-state index in [0.717, 1.165) is 32.1 Å². The van der Waals surface area contributed by atoms with Gasteiger partial charge in [-0.05, 0) is 53.4 Å². The summed E-state index contributed by atoms with van der Waals surface area (Å²) in [6, 6.07) is 0. The van der Waals surface area contributed by atoms with Crippen molar-refractivity contribution in [1.29, 1.82) is 0 Å². The molecule has 102 valence electrons. The van der Waals surface area contributed by atoms with Gasteiger partial charge in [0.05, 0.1) is 0 Å². The van der Waals surface area contributed by atoms with Crippen molar-refractivity contribution in [2.45, 2.75) is 53.4 Å². The van der Waals surface area contributed by atoms with Gasteiger partial charge in [-0.2, -0.15) is 0 Å². The first-order chi connectivity index (χ1) is 8.56. The van der Waals surface area contributed by atoms with Gasteiger partial charge in [-0.1, -0.05) is 34.9 Å². The molecule has 0 aliphatic rings. The van der Waals surface area contributed by atoms with Crippen molar-refractivity contribution in [3.63, 3.8) is 0 Å². The monoisotopic (exact) mass is 251 g/mol. The van der Waals surface area contributed by atoms with Crippen LogP contribution in [0.3, 0.4) is 0 Å². The lowest BCUT2D eigenvalue weighted by Gasteiger charge is -2.01. The third kappa shape index (κ3) is 11.2. The summed E-state index contributed by atoms with van der Waals surface area (Å²) in [6.45, 7) is 9.23. The predicted molar refractivity (Wildman–Crippen MR) is 79.5 cm³/mol. The van der Waals surface area contributed by atoms with Crippen molar-refractivity contribution in [1.82, 2.24) is 5.32 Å². The molecule has 0 aromatic rings. The highest BCUT2D eigenvalue weighted by Gasteiger charge is 1.91. The van der Waals surface area contributed by atoms with E-state index in [1.165, 1.54) is 16.7 Å². The second kappa shape index (κ2) is 10.8. The molecule has 0 saturated carbocycles. The van der Waals surface area contributed by atoms with Crippen LogP contribution in [0.25, 0.3) is 0 Å². The smallest absolute Gasteiger partial charge is 0.207 e. The molecule has 0 aliphatic carbocycles. The number of allylic oxidation sites excluding steroid dienone is 5. The summed E-state index contributed by atoms with van der Waals surface area (Å²) in [7, 11) is 0. The van der Waals surface area contributed by atoms with Gasteiger partial charge in [0.25, 0.3) is 0 Å². The molecular formula is C16H27NO. The first-order valence-corrected chi connectivity index (χ1v) is 6.68. The fraction of sp³-hybridized carbons (Fsp3) is 0.562. The van der Waals surface area contributed by atoms with Crippen molar-refractivity contribution in [3.8, 4) is 0 Å². The summed E-state index contributed by atoms with van der Waals surface area (Å²) in [6.07, 6.45) is 11.9. The average molecular weight is 251 g/mol. The molecule has 2 nitrogen and oxygen atoms in total. The zero-order chi connectivity index (χ0) is 13.8. The van der Waals surface area contributed by atoms with Gasteiger partial charge in [0.15, 0.2) is 0 Å². The molecule has 0 saturated heterocycles. The van der Waals surface area contributed by atoms with Gasteiger partial charge in [0.1, 0.15) is 0 Å². The normalized spacial score (nSPS) is 12.2. The van der Waals surface area contributed by atoms with Crippen LogP contribution in [-0.4, -0.2) is 13.0 Å². The summed E-state index contributed by atoms with van der Waals surface area (Å²) in [4.78, 5) is 10.1. The minimum absolute atomic E-state index is 0.638. The Hall–Kier alpha value is -1.31. The zero-order valence-electron chi connectivity index (χ0n) is 12.3. The van der Waals surface area contributed by atoms with Crippen molar-refractivity contribution >= 4 is 6.41 Å². The fourth-order valence-corrected chi connectivity index (χ4v) is 1.62. The topological polar surface area (TPSA) is 29.1 Å². The van der Waals surface area contributed by atoms with E-state index in [2.05, 4.69) is 51.2 Å². The van der Waals surface area contributed by atoms with Crippen LogP contribution in [0.15, 0.2) is 34.9 Å². The molecule has 0 aromatic carbocycles. The maximum atomic E-state index is 10.1. The third-order valence-electron chi connectivity index (χ3n) is 2.77. The fourth-order valence-electron chi connectivity index (χ4n) is 1.62. The first kappa shape index (κ1) is 16.7. The number of rotatable bonds is 9. The van der Waals surface area contributed by atoms with E-state index >= 15 is 0 Å². The lowest BCUT2D eigenvalue weighted by molar-refractivity contribution is -0.109. The van der Waals surface area contributed by atoms with Crippen LogP contribution in [0.5, 0.6) is 0 Å². The van der Waals surface area contributed by atoms with Crippen LogP contribution in [0.1, 0.15) is 53.4 Å². The van der Waals surface area contributed by atoms with Crippen LogP contribution >= 0.6 is 0 Å². The number of carbonyl (C=O) groups is 1. The largest absolute Gasteiger partial charge is 0.355 e. The van der Waals surface area contributed by atoms with E-state index in [1.807, 2.05) is 0 Å². The lowest BCUT2D eigenvalue weighted by Crippen LogP contribution is -2.09. The molecule has 0 fully saturated rings. The summed E-state index contributed by atoms with van der Waals surface area (Å²) in [5.41, 5.74) is 4.19. The van der Waals surface area contributed by atoms with Gasteiger partial charge < -0.3 is 5.32 Å². The maximum Gasteiger partial charge on any atom is 0.207 e. The highest BCUT2D eigenvalue weighted by Crippen LogP contribution is 2.11. The molecule has 0 aromatic heterocycles. The van der Waals surface area contributed by atoms with E-state index in [4.69, 9.17) is 0 Å². The predicted octanol–water partition coefficient (Wildman–Crippen LogP) is 4.15. The van der Waals surface area contributed by atoms with Gasteiger partial charge in [0.2, 0.25) is 6.41 Å². The van der Waals surface area contributed by atoms with Crippen LogP contribution in [0, 0.1) is 0 Å². The average Bonchev–Trinajstić information content (AvgIpc) is 2.29. The number of carbonyl (C=O) groups excluding carboxylic acids is 1. The van der Waals surface area contributed by atoms with E-state index in [-0.39, 0.29) is 0 Å². The molecule has 0 radical (unpaired) electrons. The van der Waals surface area contributed by atoms with E-state index in [9.17, 15) is 4.79 Å². The molecule has 0 heterocycles. The van der Waals surface area contributed by atoms with E-state index in [0.29, 0.717) is 6.54 Å². The van der Waals surface area contributed by atoms with E-state index in [1.54, 1.807) is 0 Å². The van der Waals surface area contributed by atoms with Gasteiger partial charge in [-0.25, -0.2) is 0 Å². The molecule has 2 heteroatoms. The molecule has 0 bridgehead atoms. The second-order valence-corrected chi connectivity index (χ2v) is 4.99. The van der Waals surface area contributed by atoms with Crippen molar-refractivity contribution in [2.24, 2.45) is 0 Å². The Morgan fingerprint density at radius 1 is 0.944 bits per heavy atom. The molecule has 0 atom stereocenters. The number of hydrogen-bond donors (Lipinski definition) is 1. The highest BCUT2D eigenvalue weighted by atomic mass is 16.3. The third-order valence-corrected chi connectivity index (χ3v) is 2.77. The molecule has 18 heavy (non-hydrogen) atoms. The Balaban J connectivity index is 3.82. The Labute approximate surface area is 112 Å². The summed E-state index contributed by atoms with van der Waals surface area (Å²) in [5, 5.41) is 2.64. The molecule has 1 N–H and O–H groups in total. The molecule has 0 spiro atoms. The lowest BCUT2D eigenvalue weighted by atomic mass is 10.1. The van der Waals surface area contributed by atoms with Crippen LogP contribution < -0.4 is 5.32 Å². The summed E-state index contributed by atoms with van der Waals surface area (Å²) in [5.74, 6) is 0. The standard InChI is InChI=1S/C16H27NO/c1-14(2)7-5-8-15(3)9-6-10-16(4)11-12-17-13-18/h7,9,11,13H,5-6,8,10,12H2,1-4H3,(H,17,18)/b15-9+,16-11+/i13+2. The van der Waals surface area contributed by atoms with Crippen molar-refractivity contribution in [2.75, 3.05) is 6.54 Å². The minimum Gasteiger partial charge on any atom is -0.355 e. The molecule has 0 unspecified atom stereocenters. The van der Waals surface area contributed by atoms with Crippen molar-refractivity contribution < 1.29 is 4.79 Å². The summed E-state index contributed by atoms with van der Waals surface area (Å²) >= 11 is 0. The quantitative estimate of drug-likeness (QED) is 0.372. The Morgan fingerprint density at radius 3 is 2.06 bits per heavy atom.